The summed E-state index contributed by atoms with van der Waals surface area (Å²) in [7, 11) is 1.85. The van der Waals surface area contributed by atoms with E-state index in [1.54, 1.807) is 21.8 Å². The fraction of sp³-hybridized carbons (Fsp3) is 0.0625. The number of anilines is 2. The molecule has 0 unspecified atom stereocenters. The van der Waals surface area contributed by atoms with E-state index in [9.17, 15) is 4.79 Å². The van der Waals surface area contributed by atoms with E-state index in [4.69, 9.17) is 0 Å². The summed E-state index contributed by atoms with van der Waals surface area (Å²) in [6, 6.07) is 11.5. The Morgan fingerprint density at radius 2 is 2.00 bits per heavy atom. The van der Waals surface area contributed by atoms with Gasteiger partial charge in [-0.25, -0.2) is 4.98 Å². The first-order chi connectivity index (χ1) is 11.2. The zero-order chi connectivity index (χ0) is 15.8. The first kappa shape index (κ1) is 13.3. The molecule has 0 atom stereocenters. The Morgan fingerprint density at radius 3 is 2.74 bits per heavy atom. The van der Waals surface area contributed by atoms with Crippen LogP contribution in [0.4, 0.5) is 11.5 Å². The second-order valence-corrected chi connectivity index (χ2v) is 5.23. The molecule has 114 valence electrons. The summed E-state index contributed by atoms with van der Waals surface area (Å²) in [4.78, 5) is 16.4. The highest BCUT2D eigenvalue weighted by molar-refractivity contribution is 5.82. The lowest BCUT2D eigenvalue weighted by molar-refractivity contribution is 0.768. The third-order valence-electron chi connectivity index (χ3n) is 3.57. The Morgan fingerprint density at radius 1 is 1.17 bits per heavy atom. The summed E-state index contributed by atoms with van der Waals surface area (Å²) >= 11 is 0. The van der Waals surface area contributed by atoms with Crippen LogP contribution >= 0.6 is 0 Å². The number of aromatic amines is 1. The van der Waals surface area contributed by atoms with Crippen molar-refractivity contribution in [1.82, 2.24) is 24.5 Å². The molecule has 0 bridgehead atoms. The van der Waals surface area contributed by atoms with Gasteiger partial charge in [0.05, 0.1) is 28.5 Å². The summed E-state index contributed by atoms with van der Waals surface area (Å²) in [5.41, 5.74) is 2.33. The molecule has 0 saturated heterocycles. The molecule has 7 nitrogen and oxygen atoms in total. The molecule has 2 N–H and O–H groups in total. The Kier molecular flexibility index (Phi) is 2.97. The summed E-state index contributed by atoms with van der Waals surface area (Å²) < 4.78 is 3.46. The van der Waals surface area contributed by atoms with Gasteiger partial charge in [0.25, 0.3) is 5.56 Å². The number of pyridine rings is 1. The molecule has 0 aliphatic carbocycles. The number of para-hydroxylation sites is 1. The molecule has 0 saturated carbocycles. The van der Waals surface area contributed by atoms with Crippen molar-refractivity contribution in [3.05, 3.63) is 65.3 Å². The van der Waals surface area contributed by atoms with E-state index in [1.807, 2.05) is 49.6 Å². The van der Waals surface area contributed by atoms with Gasteiger partial charge in [0.2, 0.25) is 0 Å². The van der Waals surface area contributed by atoms with Gasteiger partial charge < -0.3 is 5.32 Å². The molecule has 0 spiro atoms. The van der Waals surface area contributed by atoms with Crippen LogP contribution < -0.4 is 10.9 Å². The van der Waals surface area contributed by atoms with E-state index >= 15 is 0 Å². The molecular formula is C16H14N6O. The van der Waals surface area contributed by atoms with Crippen LogP contribution in [-0.4, -0.2) is 24.5 Å². The fourth-order valence-corrected chi connectivity index (χ4v) is 2.51. The largest absolute Gasteiger partial charge is 0.338 e. The van der Waals surface area contributed by atoms with Crippen molar-refractivity contribution in [1.29, 1.82) is 0 Å². The van der Waals surface area contributed by atoms with Gasteiger partial charge in [0, 0.05) is 25.5 Å². The Balaban J connectivity index is 1.82. The highest BCUT2D eigenvalue weighted by atomic mass is 16.1. The summed E-state index contributed by atoms with van der Waals surface area (Å²) in [5, 5.41) is 10.7. The average molecular weight is 306 g/mol. The van der Waals surface area contributed by atoms with E-state index in [0.717, 1.165) is 16.9 Å². The predicted molar refractivity (Wildman–Crippen MR) is 88.2 cm³/mol. The third-order valence-corrected chi connectivity index (χ3v) is 3.57. The molecule has 3 heterocycles. The average Bonchev–Trinajstić information content (AvgIpc) is 3.12. The first-order valence-corrected chi connectivity index (χ1v) is 7.12. The topological polar surface area (TPSA) is 80.5 Å². The lowest BCUT2D eigenvalue weighted by atomic mass is 10.3. The van der Waals surface area contributed by atoms with Gasteiger partial charge in [-0.3, -0.25) is 19.3 Å². The van der Waals surface area contributed by atoms with Crippen LogP contribution in [-0.2, 0) is 7.05 Å². The van der Waals surface area contributed by atoms with Crippen LogP contribution in [0.2, 0.25) is 0 Å². The Labute approximate surface area is 131 Å². The minimum absolute atomic E-state index is 0.163. The number of nitrogens with one attached hydrogen (secondary N) is 2. The number of rotatable bonds is 3. The van der Waals surface area contributed by atoms with Crippen LogP contribution in [0, 0.1) is 0 Å². The van der Waals surface area contributed by atoms with E-state index in [1.165, 1.54) is 0 Å². The van der Waals surface area contributed by atoms with Crippen molar-refractivity contribution in [2.45, 2.75) is 0 Å². The maximum atomic E-state index is 12.1. The fourth-order valence-electron chi connectivity index (χ4n) is 2.51. The molecule has 0 amide bonds. The molecule has 4 rings (SSSR count). The number of benzene rings is 1. The lowest BCUT2D eigenvalue weighted by Gasteiger charge is -2.06. The van der Waals surface area contributed by atoms with Crippen LogP contribution in [0.1, 0.15) is 0 Å². The molecule has 0 aliphatic rings. The van der Waals surface area contributed by atoms with E-state index in [2.05, 4.69) is 20.5 Å². The first-order valence-electron chi connectivity index (χ1n) is 7.12. The zero-order valence-corrected chi connectivity index (χ0v) is 12.4. The minimum Gasteiger partial charge on any atom is -0.338 e. The molecule has 3 aromatic heterocycles. The molecular weight excluding hydrogens is 292 g/mol. The number of aryl methyl sites for hydroxylation is 1. The van der Waals surface area contributed by atoms with Crippen molar-refractivity contribution >= 4 is 22.4 Å². The molecule has 0 radical (unpaired) electrons. The van der Waals surface area contributed by atoms with E-state index in [0.29, 0.717) is 11.2 Å². The minimum atomic E-state index is -0.163. The van der Waals surface area contributed by atoms with Gasteiger partial charge in [-0.1, -0.05) is 18.2 Å². The third kappa shape index (κ3) is 2.38. The Hall–Kier alpha value is -3.35. The van der Waals surface area contributed by atoms with E-state index in [-0.39, 0.29) is 5.56 Å². The lowest BCUT2D eigenvalue weighted by Crippen LogP contribution is -2.03. The van der Waals surface area contributed by atoms with Crippen LogP contribution in [0.25, 0.3) is 16.6 Å². The molecule has 4 aromatic rings. The molecule has 0 aliphatic heterocycles. The number of H-pyrrole nitrogens is 1. The van der Waals surface area contributed by atoms with E-state index < -0.39 is 0 Å². The van der Waals surface area contributed by atoms with Crippen molar-refractivity contribution < 1.29 is 0 Å². The van der Waals surface area contributed by atoms with Crippen LogP contribution in [0.3, 0.4) is 0 Å². The van der Waals surface area contributed by atoms with Gasteiger partial charge in [0.15, 0.2) is 0 Å². The zero-order valence-electron chi connectivity index (χ0n) is 12.4. The number of nitrogens with zero attached hydrogens (tertiary/aromatic N) is 4. The summed E-state index contributed by atoms with van der Waals surface area (Å²) in [6.07, 6.45) is 5.15. The van der Waals surface area contributed by atoms with Gasteiger partial charge in [0.1, 0.15) is 5.82 Å². The monoisotopic (exact) mass is 306 g/mol. The number of hydrogen-bond donors (Lipinski definition) is 2. The highest BCUT2D eigenvalue weighted by Gasteiger charge is 2.10. The normalized spacial score (nSPS) is 11.0. The van der Waals surface area contributed by atoms with Gasteiger partial charge in [-0.2, -0.15) is 5.10 Å². The second-order valence-electron chi connectivity index (χ2n) is 5.23. The smallest absolute Gasteiger partial charge is 0.273 e. The quantitative estimate of drug-likeness (QED) is 0.608. The number of aromatic nitrogens is 5. The van der Waals surface area contributed by atoms with Gasteiger partial charge in [-0.15, -0.1) is 0 Å². The molecule has 0 fully saturated rings. The van der Waals surface area contributed by atoms with Crippen LogP contribution in [0.15, 0.2) is 59.8 Å². The number of hydrogen-bond acceptors (Lipinski definition) is 4. The van der Waals surface area contributed by atoms with Crippen LogP contribution in [0.5, 0.6) is 0 Å². The predicted octanol–water partition coefficient (Wildman–Crippen LogP) is 2.19. The van der Waals surface area contributed by atoms with Crippen molar-refractivity contribution in [2.75, 3.05) is 5.32 Å². The maximum absolute atomic E-state index is 12.1. The van der Waals surface area contributed by atoms with Crippen molar-refractivity contribution in [3.63, 3.8) is 0 Å². The summed E-state index contributed by atoms with van der Waals surface area (Å²) in [5.74, 6) is 0.647. The van der Waals surface area contributed by atoms with Gasteiger partial charge in [-0.05, 0) is 12.1 Å². The maximum Gasteiger partial charge on any atom is 0.273 e. The van der Waals surface area contributed by atoms with Crippen molar-refractivity contribution in [2.24, 2.45) is 7.05 Å². The SMILES string of the molecule is Cn1cc(Nc2cc3c(cn2)c(=O)[nH]n3-c2ccccc2)cn1. The van der Waals surface area contributed by atoms with Crippen molar-refractivity contribution in [3.8, 4) is 5.69 Å². The van der Waals surface area contributed by atoms with Gasteiger partial charge >= 0.3 is 0 Å². The molecule has 23 heavy (non-hydrogen) atoms. The standard InChI is InChI=1S/C16H14N6O/c1-21-10-11(8-18-21)19-15-7-14-13(9-17-15)16(23)20-22(14)12-5-3-2-4-6-12/h2-10H,1H3,(H,17,19)(H,20,23). The highest BCUT2D eigenvalue weighted by Crippen LogP contribution is 2.20. The summed E-state index contributed by atoms with van der Waals surface area (Å²) in [6.45, 7) is 0. The Bertz CT molecular complexity index is 1030. The molecule has 1 aromatic carbocycles. The number of fused-ring (bicyclic) bond motifs is 1. The molecule has 7 heteroatoms. The second kappa shape index (κ2) is 5.13.